The lowest BCUT2D eigenvalue weighted by Gasteiger charge is -2.25. The molecule has 0 aromatic heterocycles. The van der Waals surface area contributed by atoms with E-state index in [4.69, 9.17) is 9.47 Å². The highest BCUT2D eigenvalue weighted by molar-refractivity contribution is 7.99. The van der Waals surface area contributed by atoms with Crippen molar-refractivity contribution < 1.29 is 28.6 Å². The fourth-order valence-electron chi connectivity index (χ4n) is 1.86. The number of cyclic esters (lactones) is 1. The highest BCUT2D eigenvalue weighted by atomic mass is 32.2. The number of esters is 2. The van der Waals surface area contributed by atoms with Crippen LogP contribution in [0, 0.1) is 0 Å². The van der Waals surface area contributed by atoms with E-state index in [0.29, 0.717) is 19.5 Å². The van der Waals surface area contributed by atoms with Gasteiger partial charge in [0.25, 0.3) is 0 Å². The number of nitrogens with zero attached hydrogens (tertiary/aromatic N) is 1. The first-order valence-electron chi connectivity index (χ1n) is 6.52. The summed E-state index contributed by atoms with van der Waals surface area (Å²) < 4.78 is 14.6. The molecule has 1 unspecified atom stereocenters. The Kier molecular flexibility index (Phi) is 5.51. The minimum atomic E-state index is -0.808. The first-order valence-corrected chi connectivity index (χ1v) is 7.68. The molecule has 1 amide bonds. The maximum atomic E-state index is 11.6. The van der Waals surface area contributed by atoms with Crippen LogP contribution in [-0.2, 0) is 23.8 Å². The number of hydrogen-bond acceptors (Lipinski definition) is 7. The summed E-state index contributed by atoms with van der Waals surface area (Å²) in [6.45, 7) is 1.57. The summed E-state index contributed by atoms with van der Waals surface area (Å²) >= 11 is 1.80. The third kappa shape index (κ3) is 4.29. The Morgan fingerprint density at radius 3 is 2.75 bits per heavy atom. The fourth-order valence-corrected chi connectivity index (χ4v) is 2.76. The normalized spacial score (nSPS) is 22.3. The van der Waals surface area contributed by atoms with Crippen LogP contribution in [-0.4, -0.2) is 66.8 Å². The number of amides is 1. The molecule has 0 bridgehead atoms. The highest BCUT2D eigenvalue weighted by Crippen LogP contribution is 2.12. The van der Waals surface area contributed by atoms with Gasteiger partial charge in [0.2, 0.25) is 6.10 Å². The average Bonchev–Trinajstić information content (AvgIpc) is 2.85. The van der Waals surface area contributed by atoms with Gasteiger partial charge in [0.15, 0.2) is 0 Å². The van der Waals surface area contributed by atoms with E-state index in [-0.39, 0.29) is 19.6 Å². The summed E-state index contributed by atoms with van der Waals surface area (Å²) in [5, 5.41) is 0. The van der Waals surface area contributed by atoms with E-state index in [1.54, 1.807) is 16.7 Å². The molecule has 20 heavy (non-hydrogen) atoms. The van der Waals surface area contributed by atoms with Gasteiger partial charge in [-0.1, -0.05) is 0 Å². The summed E-state index contributed by atoms with van der Waals surface area (Å²) in [6, 6.07) is 0. The molecule has 0 saturated carbocycles. The van der Waals surface area contributed by atoms with Crippen molar-refractivity contribution in [1.82, 2.24) is 4.90 Å². The smallest absolute Gasteiger partial charge is 0.409 e. The summed E-state index contributed by atoms with van der Waals surface area (Å²) in [6.07, 6.45) is -0.885. The van der Waals surface area contributed by atoms with Crippen LogP contribution in [0.1, 0.15) is 12.8 Å². The molecule has 0 aromatic carbocycles. The van der Waals surface area contributed by atoms with Crippen LogP contribution < -0.4 is 0 Å². The van der Waals surface area contributed by atoms with Crippen molar-refractivity contribution in [2.45, 2.75) is 18.9 Å². The van der Waals surface area contributed by atoms with Crippen molar-refractivity contribution in [2.75, 3.05) is 37.8 Å². The van der Waals surface area contributed by atoms with Crippen LogP contribution in [0.4, 0.5) is 4.79 Å². The van der Waals surface area contributed by atoms with E-state index in [9.17, 15) is 14.4 Å². The molecule has 112 valence electrons. The molecule has 7 nitrogen and oxygen atoms in total. The minimum Gasteiger partial charge on any atom is -0.463 e. The Labute approximate surface area is 120 Å². The lowest BCUT2D eigenvalue weighted by Crippen LogP contribution is -2.38. The molecule has 2 saturated heterocycles. The van der Waals surface area contributed by atoms with Crippen LogP contribution in [0.3, 0.4) is 0 Å². The number of ether oxygens (including phenoxy) is 3. The molecule has 0 radical (unpaired) electrons. The van der Waals surface area contributed by atoms with E-state index in [1.807, 2.05) is 0 Å². The lowest BCUT2D eigenvalue weighted by molar-refractivity contribution is -0.160. The van der Waals surface area contributed by atoms with Crippen molar-refractivity contribution in [3.8, 4) is 0 Å². The second-order valence-electron chi connectivity index (χ2n) is 4.40. The molecule has 2 fully saturated rings. The largest absolute Gasteiger partial charge is 0.463 e. The van der Waals surface area contributed by atoms with Crippen LogP contribution >= 0.6 is 11.8 Å². The molecule has 8 heteroatoms. The second-order valence-corrected chi connectivity index (χ2v) is 5.62. The molecule has 0 spiro atoms. The SMILES string of the molecule is O=C(CCOC(=O)N1CCSCC1)OC1CCOC1=O. The van der Waals surface area contributed by atoms with Gasteiger partial charge >= 0.3 is 18.0 Å². The van der Waals surface area contributed by atoms with Gasteiger partial charge in [0.1, 0.15) is 6.61 Å². The van der Waals surface area contributed by atoms with Crippen LogP contribution in [0.15, 0.2) is 0 Å². The molecule has 2 rings (SSSR count). The van der Waals surface area contributed by atoms with Gasteiger partial charge in [-0.2, -0.15) is 11.8 Å². The maximum absolute atomic E-state index is 11.6. The van der Waals surface area contributed by atoms with E-state index in [2.05, 4.69) is 4.74 Å². The monoisotopic (exact) mass is 303 g/mol. The van der Waals surface area contributed by atoms with Crippen LogP contribution in [0.25, 0.3) is 0 Å². The number of rotatable bonds is 4. The van der Waals surface area contributed by atoms with Crippen molar-refractivity contribution in [1.29, 1.82) is 0 Å². The van der Waals surface area contributed by atoms with Gasteiger partial charge < -0.3 is 19.1 Å². The zero-order valence-electron chi connectivity index (χ0n) is 11.0. The number of thioether (sulfide) groups is 1. The molecule has 0 aromatic rings. The van der Waals surface area contributed by atoms with Gasteiger partial charge in [0.05, 0.1) is 13.0 Å². The first kappa shape index (κ1) is 15.0. The molecular formula is C12H17NO6S. The Bertz CT molecular complexity index is 382. The zero-order chi connectivity index (χ0) is 14.4. The Balaban J connectivity index is 1.61. The zero-order valence-corrected chi connectivity index (χ0v) is 11.9. The van der Waals surface area contributed by atoms with E-state index < -0.39 is 24.1 Å². The predicted octanol–water partition coefficient (Wildman–Crippen LogP) is 0.421. The van der Waals surface area contributed by atoms with Gasteiger partial charge in [-0.15, -0.1) is 0 Å². The van der Waals surface area contributed by atoms with Gasteiger partial charge in [-0.3, -0.25) is 4.79 Å². The lowest BCUT2D eigenvalue weighted by atomic mass is 10.3. The predicted molar refractivity (Wildman–Crippen MR) is 70.3 cm³/mol. The highest BCUT2D eigenvalue weighted by Gasteiger charge is 2.30. The fraction of sp³-hybridized carbons (Fsp3) is 0.750. The van der Waals surface area contributed by atoms with E-state index in [1.165, 1.54) is 0 Å². The van der Waals surface area contributed by atoms with E-state index in [0.717, 1.165) is 11.5 Å². The molecule has 1 atom stereocenters. The average molecular weight is 303 g/mol. The third-order valence-electron chi connectivity index (χ3n) is 2.96. The van der Waals surface area contributed by atoms with Gasteiger partial charge in [-0.05, 0) is 0 Å². The third-order valence-corrected chi connectivity index (χ3v) is 3.90. The van der Waals surface area contributed by atoms with Crippen molar-refractivity contribution in [2.24, 2.45) is 0 Å². The van der Waals surface area contributed by atoms with Crippen molar-refractivity contribution in [3.63, 3.8) is 0 Å². The van der Waals surface area contributed by atoms with Crippen LogP contribution in [0.5, 0.6) is 0 Å². The summed E-state index contributed by atoms with van der Waals surface area (Å²) in [7, 11) is 0. The number of hydrogen-bond donors (Lipinski definition) is 0. The number of carbonyl (C=O) groups is 3. The summed E-state index contributed by atoms with van der Waals surface area (Å²) in [5.74, 6) is 0.735. The van der Waals surface area contributed by atoms with Gasteiger partial charge in [0, 0.05) is 31.0 Å². The topological polar surface area (TPSA) is 82.1 Å². The summed E-state index contributed by atoms with van der Waals surface area (Å²) in [5.41, 5.74) is 0. The van der Waals surface area contributed by atoms with E-state index >= 15 is 0 Å². The Hall–Kier alpha value is -1.44. The first-order chi connectivity index (χ1) is 9.66. The number of carbonyl (C=O) groups excluding carboxylic acids is 3. The molecule has 2 heterocycles. The Morgan fingerprint density at radius 2 is 2.10 bits per heavy atom. The van der Waals surface area contributed by atoms with Crippen molar-refractivity contribution in [3.05, 3.63) is 0 Å². The quantitative estimate of drug-likeness (QED) is 0.550. The minimum absolute atomic E-state index is 0.0386. The molecule has 0 N–H and O–H groups in total. The second kappa shape index (κ2) is 7.37. The molecule has 2 aliphatic heterocycles. The standard InChI is InChI=1S/C12H17NO6S/c14-10(19-9-1-5-17-11(9)15)2-6-18-12(16)13-3-7-20-8-4-13/h9H,1-8H2. The maximum Gasteiger partial charge on any atom is 0.409 e. The van der Waals surface area contributed by atoms with Crippen molar-refractivity contribution >= 4 is 29.8 Å². The Morgan fingerprint density at radius 1 is 1.35 bits per heavy atom. The van der Waals surface area contributed by atoms with Crippen LogP contribution in [0.2, 0.25) is 0 Å². The molecule has 0 aliphatic carbocycles. The summed E-state index contributed by atoms with van der Waals surface area (Å²) in [4.78, 5) is 35.8. The molecule has 2 aliphatic rings. The van der Waals surface area contributed by atoms with Gasteiger partial charge in [-0.25, -0.2) is 9.59 Å². The molecular weight excluding hydrogens is 286 g/mol.